The van der Waals surface area contributed by atoms with Gasteiger partial charge >= 0.3 is 0 Å². The van der Waals surface area contributed by atoms with Gasteiger partial charge in [0.15, 0.2) is 0 Å². The first-order valence-corrected chi connectivity index (χ1v) is 8.16. The number of fused-ring (bicyclic) bond motifs is 2. The molecule has 3 heteroatoms. The van der Waals surface area contributed by atoms with E-state index < -0.39 is 0 Å². The summed E-state index contributed by atoms with van der Waals surface area (Å²) in [6.07, 6.45) is 10.0. The highest BCUT2D eigenvalue weighted by Gasteiger charge is 2.41. The zero-order chi connectivity index (χ0) is 11.9. The first-order valence-electron chi connectivity index (χ1n) is 8.16. The van der Waals surface area contributed by atoms with E-state index in [1.807, 2.05) is 0 Å². The van der Waals surface area contributed by atoms with Crippen molar-refractivity contribution in [1.82, 2.24) is 15.1 Å². The molecule has 4 atom stereocenters. The summed E-state index contributed by atoms with van der Waals surface area (Å²) in [6.45, 7) is 5.43. The van der Waals surface area contributed by atoms with Gasteiger partial charge in [-0.3, -0.25) is 9.80 Å². The first-order chi connectivity index (χ1) is 8.92. The molecular weight excluding hydrogens is 222 g/mol. The van der Waals surface area contributed by atoms with Gasteiger partial charge in [-0.1, -0.05) is 6.42 Å². The molecule has 4 heterocycles. The van der Waals surface area contributed by atoms with Crippen molar-refractivity contribution in [2.75, 3.05) is 26.2 Å². The third kappa shape index (κ3) is 1.91. The van der Waals surface area contributed by atoms with E-state index in [1.54, 1.807) is 0 Å². The molecule has 0 bridgehead atoms. The summed E-state index contributed by atoms with van der Waals surface area (Å²) < 4.78 is 0. The Hall–Kier alpha value is -0.120. The van der Waals surface area contributed by atoms with Crippen molar-refractivity contribution in [3.63, 3.8) is 0 Å². The Morgan fingerprint density at radius 1 is 0.611 bits per heavy atom. The van der Waals surface area contributed by atoms with Gasteiger partial charge in [-0.15, -0.1) is 0 Å². The Bertz CT molecular complexity index is 306. The minimum Gasteiger partial charge on any atom is -0.308 e. The number of nitrogens with zero attached hydrogens (tertiary/aromatic N) is 2. The van der Waals surface area contributed by atoms with Crippen LogP contribution in [0.15, 0.2) is 0 Å². The minimum atomic E-state index is 0.802. The van der Waals surface area contributed by atoms with E-state index >= 15 is 0 Å². The number of hydrogen-bond donors (Lipinski definition) is 1. The molecule has 0 aliphatic carbocycles. The molecule has 4 rings (SSSR count). The van der Waals surface area contributed by atoms with Gasteiger partial charge in [0.1, 0.15) is 0 Å². The molecule has 102 valence electrons. The topological polar surface area (TPSA) is 18.5 Å². The Morgan fingerprint density at radius 2 is 1.22 bits per heavy atom. The Morgan fingerprint density at radius 3 is 1.94 bits per heavy atom. The van der Waals surface area contributed by atoms with Gasteiger partial charge in [-0.05, 0) is 51.6 Å². The lowest BCUT2D eigenvalue weighted by molar-refractivity contribution is 0.173. The maximum absolute atomic E-state index is 4.07. The molecule has 4 saturated heterocycles. The second-order valence-corrected chi connectivity index (χ2v) is 6.80. The Labute approximate surface area is 111 Å². The van der Waals surface area contributed by atoms with E-state index in [9.17, 15) is 0 Å². The van der Waals surface area contributed by atoms with Gasteiger partial charge in [0.2, 0.25) is 0 Å². The first kappa shape index (κ1) is 11.7. The summed E-state index contributed by atoms with van der Waals surface area (Å²) in [4.78, 5) is 5.48. The fourth-order valence-corrected chi connectivity index (χ4v) is 4.99. The van der Waals surface area contributed by atoms with Gasteiger partial charge in [0, 0.05) is 37.3 Å². The number of piperidine rings is 1. The van der Waals surface area contributed by atoms with Gasteiger partial charge in [-0.25, -0.2) is 0 Å². The molecule has 0 aromatic heterocycles. The second-order valence-electron chi connectivity index (χ2n) is 6.80. The summed E-state index contributed by atoms with van der Waals surface area (Å²) in [5.74, 6) is 0. The van der Waals surface area contributed by atoms with E-state index in [2.05, 4.69) is 15.1 Å². The van der Waals surface area contributed by atoms with Gasteiger partial charge in [-0.2, -0.15) is 0 Å². The summed E-state index contributed by atoms with van der Waals surface area (Å²) in [7, 11) is 0. The maximum Gasteiger partial charge on any atom is 0.0250 e. The lowest BCUT2D eigenvalue weighted by atomic mass is 9.97. The molecular formula is C15H27N3. The fourth-order valence-electron chi connectivity index (χ4n) is 4.99. The van der Waals surface area contributed by atoms with Crippen LogP contribution >= 0.6 is 0 Å². The van der Waals surface area contributed by atoms with Crippen LogP contribution in [0.25, 0.3) is 0 Å². The van der Waals surface area contributed by atoms with Crippen molar-refractivity contribution in [1.29, 1.82) is 0 Å². The number of hydrogen-bond acceptors (Lipinski definition) is 3. The molecule has 0 spiro atoms. The Kier molecular flexibility index (Phi) is 3.10. The monoisotopic (exact) mass is 249 g/mol. The molecule has 4 unspecified atom stereocenters. The van der Waals surface area contributed by atoms with E-state index in [-0.39, 0.29) is 0 Å². The number of rotatable bonds is 2. The molecule has 4 fully saturated rings. The second kappa shape index (κ2) is 4.77. The lowest BCUT2D eigenvalue weighted by Gasteiger charge is -2.34. The van der Waals surface area contributed by atoms with Gasteiger partial charge in [0.05, 0.1) is 0 Å². The normalized spacial score (nSPS) is 45.3. The summed E-state index contributed by atoms with van der Waals surface area (Å²) >= 11 is 0. The summed E-state index contributed by atoms with van der Waals surface area (Å²) in [5.41, 5.74) is 0. The van der Waals surface area contributed by atoms with Crippen LogP contribution in [-0.2, 0) is 0 Å². The predicted molar refractivity (Wildman–Crippen MR) is 73.8 cm³/mol. The predicted octanol–water partition coefficient (Wildman–Crippen LogP) is 1.44. The highest BCUT2D eigenvalue weighted by molar-refractivity contribution is 5.01. The fraction of sp³-hybridized carbons (Fsp3) is 1.00. The molecule has 0 amide bonds. The smallest absolute Gasteiger partial charge is 0.0250 e. The molecule has 3 nitrogen and oxygen atoms in total. The van der Waals surface area contributed by atoms with Gasteiger partial charge < -0.3 is 5.32 Å². The van der Waals surface area contributed by atoms with E-state index in [0.717, 1.165) is 24.2 Å². The van der Waals surface area contributed by atoms with Gasteiger partial charge in [0.25, 0.3) is 0 Å². The van der Waals surface area contributed by atoms with Crippen molar-refractivity contribution < 1.29 is 0 Å². The zero-order valence-electron chi connectivity index (χ0n) is 11.5. The maximum atomic E-state index is 4.07. The molecule has 0 aromatic rings. The van der Waals surface area contributed by atoms with Crippen LogP contribution in [-0.4, -0.2) is 60.1 Å². The summed E-state index contributed by atoms with van der Waals surface area (Å²) in [6, 6.07) is 3.35. The standard InChI is InChI=1S/C15H27N3/c1-2-8-17-10-6-12(14(17)4-1)16-13-7-11-18-9-3-5-15(13)18/h12-16H,1-11H2. The molecule has 4 aliphatic rings. The van der Waals surface area contributed by atoms with Crippen LogP contribution in [0.3, 0.4) is 0 Å². The molecule has 0 radical (unpaired) electrons. The molecule has 0 saturated carbocycles. The molecule has 0 aromatic carbocycles. The van der Waals surface area contributed by atoms with Crippen molar-refractivity contribution in [3.8, 4) is 0 Å². The van der Waals surface area contributed by atoms with Crippen LogP contribution in [0.1, 0.15) is 44.9 Å². The van der Waals surface area contributed by atoms with Crippen molar-refractivity contribution in [2.45, 2.75) is 69.1 Å². The quantitative estimate of drug-likeness (QED) is 0.799. The Balaban J connectivity index is 1.39. The van der Waals surface area contributed by atoms with Crippen molar-refractivity contribution in [3.05, 3.63) is 0 Å². The van der Waals surface area contributed by atoms with E-state index in [1.165, 1.54) is 71.1 Å². The zero-order valence-corrected chi connectivity index (χ0v) is 11.5. The summed E-state index contributed by atoms with van der Waals surface area (Å²) in [5, 5.41) is 4.07. The average molecular weight is 249 g/mol. The average Bonchev–Trinajstić information content (AvgIpc) is 3.08. The minimum absolute atomic E-state index is 0.802. The molecule has 1 N–H and O–H groups in total. The lowest BCUT2D eigenvalue weighted by Crippen LogP contribution is -2.50. The van der Waals surface area contributed by atoms with Crippen molar-refractivity contribution >= 4 is 0 Å². The highest BCUT2D eigenvalue weighted by Crippen LogP contribution is 2.32. The van der Waals surface area contributed by atoms with Crippen LogP contribution in [0, 0.1) is 0 Å². The largest absolute Gasteiger partial charge is 0.308 e. The van der Waals surface area contributed by atoms with E-state index in [0.29, 0.717) is 0 Å². The molecule has 18 heavy (non-hydrogen) atoms. The van der Waals surface area contributed by atoms with Crippen LogP contribution in [0.4, 0.5) is 0 Å². The molecule has 4 aliphatic heterocycles. The van der Waals surface area contributed by atoms with Crippen LogP contribution in [0.2, 0.25) is 0 Å². The van der Waals surface area contributed by atoms with Crippen molar-refractivity contribution in [2.24, 2.45) is 0 Å². The third-order valence-electron chi connectivity index (χ3n) is 5.89. The number of nitrogens with one attached hydrogen (secondary N) is 1. The van der Waals surface area contributed by atoms with Crippen LogP contribution < -0.4 is 5.32 Å². The van der Waals surface area contributed by atoms with E-state index in [4.69, 9.17) is 0 Å². The SMILES string of the molecule is C1CCN2CCC(NC3CCN4CCCC34)C2C1. The highest BCUT2D eigenvalue weighted by atomic mass is 15.3. The third-order valence-corrected chi connectivity index (χ3v) is 5.89. The van der Waals surface area contributed by atoms with Crippen LogP contribution in [0.5, 0.6) is 0 Å².